The first-order chi connectivity index (χ1) is 14.5. The van der Waals surface area contributed by atoms with Crippen LogP contribution in [0.15, 0.2) is 48.5 Å². The maximum Gasteiger partial charge on any atom is 0.238 e. The van der Waals surface area contributed by atoms with E-state index in [0.717, 1.165) is 34.1 Å². The molecule has 152 valence electrons. The maximum absolute atomic E-state index is 12.8. The summed E-state index contributed by atoms with van der Waals surface area (Å²) in [6, 6.07) is 16.0. The smallest absolute Gasteiger partial charge is 0.238 e. The highest BCUT2D eigenvalue weighted by Crippen LogP contribution is 2.46. The van der Waals surface area contributed by atoms with Crippen molar-refractivity contribution < 1.29 is 9.53 Å². The van der Waals surface area contributed by atoms with Crippen LogP contribution in [0, 0.1) is 26.2 Å². The van der Waals surface area contributed by atoms with E-state index in [1.807, 2.05) is 74.0 Å². The number of fused-ring (bicyclic) bond motifs is 1. The van der Waals surface area contributed by atoms with Crippen LogP contribution in [0.25, 0.3) is 5.69 Å². The van der Waals surface area contributed by atoms with Crippen molar-refractivity contribution in [2.24, 2.45) is 0 Å². The number of hydrogen-bond donors (Lipinski definition) is 1. The van der Waals surface area contributed by atoms with Crippen LogP contribution in [-0.4, -0.2) is 27.5 Å². The van der Waals surface area contributed by atoms with Crippen molar-refractivity contribution in [3.05, 3.63) is 70.9 Å². The van der Waals surface area contributed by atoms with Gasteiger partial charge in [-0.3, -0.25) is 4.79 Å². The average molecular weight is 418 g/mol. The number of amides is 1. The van der Waals surface area contributed by atoms with Gasteiger partial charge in [0, 0.05) is 5.56 Å². The molecule has 4 rings (SSSR count). The zero-order chi connectivity index (χ0) is 21.3. The predicted molar refractivity (Wildman–Crippen MR) is 121 cm³/mol. The van der Waals surface area contributed by atoms with Gasteiger partial charge in [-0.1, -0.05) is 35.7 Å². The van der Waals surface area contributed by atoms with Gasteiger partial charge in [0.15, 0.2) is 0 Å². The Balaban J connectivity index is 1.79. The van der Waals surface area contributed by atoms with Gasteiger partial charge in [0.1, 0.15) is 18.2 Å². The number of rotatable bonds is 4. The molecule has 2 aromatic carbocycles. The summed E-state index contributed by atoms with van der Waals surface area (Å²) >= 11 is 1.62. The molecular formula is C24H23N3O2S. The third-order valence-corrected chi connectivity index (χ3v) is 6.51. The van der Waals surface area contributed by atoms with Crippen molar-refractivity contribution in [2.45, 2.75) is 31.3 Å². The molecule has 3 aromatic rings. The van der Waals surface area contributed by atoms with Crippen molar-refractivity contribution in [3.63, 3.8) is 0 Å². The number of ether oxygens (including phenoxy) is 1. The summed E-state index contributed by atoms with van der Waals surface area (Å²) in [5.74, 6) is 3.91. The van der Waals surface area contributed by atoms with Crippen molar-refractivity contribution >= 4 is 23.5 Å². The molecule has 0 saturated heterocycles. The minimum absolute atomic E-state index is 0.0222. The number of benzene rings is 2. The van der Waals surface area contributed by atoms with Gasteiger partial charge < -0.3 is 10.1 Å². The summed E-state index contributed by atoms with van der Waals surface area (Å²) in [6.45, 7) is 6.21. The molecule has 0 unspecified atom stereocenters. The number of hydrogen-bond acceptors (Lipinski definition) is 4. The average Bonchev–Trinajstić information content (AvgIpc) is 2.99. The molecule has 0 saturated carbocycles. The van der Waals surface area contributed by atoms with Gasteiger partial charge in [-0.15, -0.1) is 18.2 Å². The topological polar surface area (TPSA) is 56.1 Å². The van der Waals surface area contributed by atoms with E-state index < -0.39 is 0 Å². The van der Waals surface area contributed by atoms with Crippen LogP contribution in [0.1, 0.15) is 34.6 Å². The summed E-state index contributed by atoms with van der Waals surface area (Å²) in [5.41, 5.74) is 5.10. The highest BCUT2D eigenvalue weighted by Gasteiger charge is 2.34. The molecule has 0 aliphatic carbocycles. The summed E-state index contributed by atoms with van der Waals surface area (Å²) < 4.78 is 7.33. The minimum atomic E-state index is -0.203. The van der Waals surface area contributed by atoms with Crippen molar-refractivity contribution in [1.82, 2.24) is 9.78 Å². The number of aryl methyl sites for hydroxylation is 2. The molecule has 0 spiro atoms. The minimum Gasteiger partial charge on any atom is -0.481 e. The Bertz CT molecular complexity index is 1110. The van der Waals surface area contributed by atoms with Gasteiger partial charge in [-0.05, 0) is 50.6 Å². The third-order valence-electron chi connectivity index (χ3n) is 5.10. The fourth-order valence-electron chi connectivity index (χ4n) is 3.51. The normalized spacial score (nSPS) is 18.1. The predicted octanol–water partition coefficient (Wildman–Crippen LogP) is 4.66. The Morgan fingerprint density at radius 1 is 1.17 bits per heavy atom. The van der Waals surface area contributed by atoms with E-state index in [-0.39, 0.29) is 23.0 Å². The van der Waals surface area contributed by atoms with Gasteiger partial charge in [-0.2, -0.15) is 5.10 Å². The van der Waals surface area contributed by atoms with Crippen LogP contribution in [0.2, 0.25) is 0 Å². The first-order valence-electron chi connectivity index (χ1n) is 9.77. The Hall–Kier alpha value is -3.17. The van der Waals surface area contributed by atoms with Crippen molar-refractivity contribution in [3.8, 4) is 23.8 Å². The lowest BCUT2D eigenvalue weighted by molar-refractivity contribution is -0.115. The molecule has 0 fully saturated rings. The van der Waals surface area contributed by atoms with E-state index in [2.05, 4.69) is 11.2 Å². The van der Waals surface area contributed by atoms with E-state index in [9.17, 15) is 4.79 Å². The monoisotopic (exact) mass is 417 g/mol. The largest absolute Gasteiger partial charge is 0.481 e. The SMILES string of the molecule is C#CCOc1ccc([C@H]2S[C@H](C)C(=O)Nc3c2c(C)nn3-c2ccc(C)cc2)cc1. The second-order valence-corrected chi connectivity index (χ2v) is 8.76. The number of carbonyl (C=O) groups excluding carboxylic acids is 1. The molecule has 1 aliphatic heterocycles. The number of nitrogens with zero attached hydrogens (tertiary/aromatic N) is 2. The Kier molecular flexibility index (Phi) is 5.56. The molecular weight excluding hydrogens is 394 g/mol. The summed E-state index contributed by atoms with van der Waals surface area (Å²) in [6.07, 6.45) is 5.27. The molecule has 1 aliphatic rings. The van der Waals surface area contributed by atoms with Crippen LogP contribution in [-0.2, 0) is 4.79 Å². The molecule has 1 N–H and O–H groups in total. The lowest BCUT2D eigenvalue weighted by atomic mass is 10.0. The second-order valence-electron chi connectivity index (χ2n) is 7.30. The first-order valence-corrected chi connectivity index (χ1v) is 10.7. The van der Waals surface area contributed by atoms with E-state index >= 15 is 0 Å². The van der Waals surface area contributed by atoms with Gasteiger partial charge in [0.05, 0.1) is 21.9 Å². The van der Waals surface area contributed by atoms with Crippen LogP contribution in [0.3, 0.4) is 0 Å². The van der Waals surface area contributed by atoms with Gasteiger partial charge in [0.25, 0.3) is 0 Å². The van der Waals surface area contributed by atoms with Gasteiger partial charge in [0.2, 0.25) is 5.91 Å². The van der Waals surface area contributed by atoms with E-state index in [1.54, 1.807) is 11.8 Å². The fourth-order valence-corrected chi connectivity index (χ4v) is 4.83. The van der Waals surface area contributed by atoms with Crippen LogP contribution >= 0.6 is 11.8 Å². The second kappa shape index (κ2) is 8.29. The quantitative estimate of drug-likeness (QED) is 0.627. The van der Waals surface area contributed by atoms with Crippen molar-refractivity contribution in [1.29, 1.82) is 0 Å². The molecule has 1 aromatic heterocycles. The zero-order valence-electron chi connectivity index (χ0n) is 17.2. The maximum atomic E-state index is 12.8. The molecule has 0 radical (unpaired) electrons. The first kappa shape index (κ1) is 20.1. The molecule has 2 heterocycles. The lowest BCUT2D eigenvalue weighted by Crippen LogP contribution is -2.22. The summed E-state index contributed by atoms with van der Waals surface area (Å²) in [5, 5.41) is 7.64. The number of carbonyl (C=O) groups is 1. The molecule has 5 nitrogen and oxygen atoms in total. The fraction of sp³-hybridized carbons (Fsp3) is 0.250. The number of thioether (sulfide) groups is 1. The third kappa shape index (κ3) is 3.81. The van der Waals surface area contributed by atoms with E-state index in [0.29, 0.717) is 0 Å². The number of aromatic nitrogens is 2. The standard InChI is InChI=1S/C24H23N3O2S/c1-5-14-29-20-12-8-18(9-13-20)22-21-16(3)26-27(19-10-6-15(2)7-11-19)23(21)25-24(28)17(4)30-22/h1,6-13,17,22H,14H2,2-4H3,(H,25,28)/t17-,22-/m1/s1. The number of terminal acetylenes is 1. The highest BCUT2D eigenvalue weighted by atomic mass is 32.2. The van der Waals surface area contributed by atoms with E-state index in [1.165, 1.54) is 5.56 Å². The molecule has 30 heavy (non-hydrogen) atoms. The number of anilines is 1. The van der Waals surface area contributed by atoms with Crippen LogP contribution in [0.5, 0.6) is 5.75 Å². The van der Waals surface area contributed by atoms with E-state index in [4.69, 9.17) is 16.3 Å². The van der Waals surface area contributed by atoms with Gasteiger partial charge >= 0.3 is 0 Å². The molecule has 6 heteroatoms. The van der Waals surface area contributed by atoms with Gasteiger partial charge in [-0.25, -0.2) is 4.68 Å². The highest BCUT2D eigenvalue weighted by molar-refractivity contribution is 8.01. The Labute approximate surface area is 180 Å². The Morgan fingerprint density at radius 3 is 2.53 bits per heavy atom. The lowest BCUT2D eigenvalue weighted by Gasteiger charge is -2.18. The Morgan fingerprint density at radius 2 is 1.87 bits per heavy atom. The summed E-state index contributed by atoms with van der Waals surface area (Å²) in [4.78, 5) is 12.8. The van der Waals surface area contributed by atoms with Crippen LogP contribution in [0.4, 0.5) is 5.82 Å². The zero-order valence-corrected chi connectivity index (χ0v) is 18.0. The molecule has 1 amide bonds. The van der Waals surface area contributed by atoms with Crippen LogP contribution < -0.4 is 10.1 Å². The van der Waals surface area contributed by atoms with Crippen molar-refractivity contribution in [2.75, 3.05) is 11.9 Å². The molecule has 0 bridgehead atoms. The summed E-state index contributed by atoms with van der Waals surface area (Å²) in [7, 11) is 0. The molecule has 2 atom stereocenters. The number of nitrogens with one attached hydrogen (secondary N) is 1.